The summed E-state index contributed by atoms with van der Waals surface area (Å²) in [6.45, 7) is 0. The van der Waals surface area contributed by atoms with Gasteiger partial charge in [0.15, 0.2) is 0 Å². The maximum Gasteiger partial charge on any atom is 0.115 e. The molecule has 0 saturated heterocycles. The van der Waals surface area contributed by atoms with Crippen molar-refractivity contribution in [2.24, 2.45) is 0 Å². The van der Waals surface area contributed by atoms with E-state index in [1.54, 1.807) is 18.6 Å². The highest BCUT2D eigenvalue weighted by Crippen LogP contribution is 2.18. The first-order valence-corrected chi connectivity index (χ1v) is 5.29. The first-order chi connectivity index (χ1) is 8.43. The van der Waals surface area contributed by atoms with Crippen molar-refractivity contribution in [1.29, 1.82) is 0 Å². The molecule has 2 aromatic heterocycles. The van der Waals surface area contributed by atoms with E-state index in [9.17, 15) is 0 Å². The number of rotatable bonds is 2. The van der Waals surface area contributed by atoms with Crippen LogP contribution < -0.4 is 0 Å². The Kier molecular flexibility index (Phi) is 2.38. The topological polar surface area (TPSA) is 43.6 Å². The molecule has 0 N–H and O–H groups in total. The minimum Gasteiger partial charge on any atom is -0.244 e. The van der Waals surface area contributed by atoms with Gasteiger partial charge in [0.1, 0.15) is 6.33 Å². The van der Waals surface area contributed by atoms with E-state index < -0.39 is 0 Å². The van der Waals surface area contributed by atoms with Crippen molar-refractivity contribution in [1.82, 2.24) is 19.7 Å². The van der Waals surface area contributed by atoms with Crippen LogP contribution in [0.3, 0.4) is 0 Å². The Bertz CT molecular complexity index is 585. The van der Waals surface area contributed by atoms with Crippen molar-refractivity contribution in [2.75, 3.05) is 0 Å². The van der Waals surface area contributed by atoms with Crippen LogP contribution in [0.4, 0.5) is 0 Å². The molecule has 0 unspecified atom stereocenters. The summed E-state index contributed by atoms with van der Waals surface area (Å²) in [6, 6.07) is 10.0. The average Bonchev–Trinajstić information content (AvgIpc) is 2.94. The second kappa shape index (κ2) is 4.17. The zero-order valence-corrected chi connectivity index (χ0v) is 9.06. The Hall–Kier alpha value is -2.49. The van der Waals surface area contributed by atoms with E-state index in [2.05, 4.69) is 15.1 Å². The molecule has 0 bridgehead atoms. The monoisotopic (exact) mass is 222 g/mol. The predicted octanol–water partition coefficient (Wildman–Crippen LogP) is 2.33. The first kappa shape index (κ1) is 9.72. The van der Waals surface area contributed by atoms with Crippen LogP contribution in [-0.2, 0) is 0 Å². The van der Waals surface area contributed by atoms with E-state index in [-0.39, 0.29) is 0 Å². The van der Waals surface area contributed by atoms with Crippen LogP contribution in [0, 0.1) is 0 Å². The number of aromatic nitrogens is 4. The normalized spacial score (nSPS) is 10.4. The lowest BCUT2D eigenvalue weighted by Crippen LogP contribution is -1.93. The molecule has 2 heterocycles. The molecule has 0 saturated carbocycles. The molecular weight excluding hydrogens is 212 g/mol. The quantitative estimate of drug-likeness (QED) is 0.668. The van der Waals surface area contributed by atoms with Gasteiger partial charge in [0.25, 0.3) is 0 Å². The van der Waals surface area contributed by atoms with Crippen LogP contribution in [0.15, 0.2) is 61.4 Å². The minimum absolute atomic E-state index is 1.01. The number of hydrogen-bond acceptors (Lipinski definition) is 3. The summed E-state index contributed by atoms with van der Waals surface area (Å²) >= 11 is 0. The summed E-state index contributed by atoms with van der Waals surface area (Å²) in [5, 5.41) is 4.18. The van der Waals surface area contributed by atoms with E-state index in [1.165, 1.54) is 6.33 Å². The minimum atomic E-state index is 1.01. The second-order valence-electron chi connectivity index (χ2n) is 3.62. The van der Waals surface area contributed by atoms with Gasteiger partial charge in [0.05, 0.1) is 5.69 Å². The van der Waals surface area contributed by atoms with E-state index >= 15 is 0 Å². The second-order valence-corrected chi connectivity index (χ2v) is 3.62. The van der Waals surface area contributed by atoms with E-state index in [1.807, 2.05) is 41.2 Å². The van der Waals surface area contributed by atoms with Crippen LogP contribution in [0.25, 0.3) is 16.8 Å². The molecule has 4 heteroatoms. The van der Waals surface area contributed by atoms with Crippen molar-refractivity contribution in [2.45, 2.75) is 0 Å². The van der Waals surface area contributed by atoms with Gasteiger partial charge in [0.2, 0.25) is 0 Å². The highest BCUT2D eigenvalue weighted by Gasteiger charge is 1.99. The molecule has 0 aliphatic rings. The lowest BCUT2D eigenvalue weighted by Gasteiger charge is -2.03. The Balaban J connectivity index is 1.96. The molecular formula is C13H10N4. The number of benzene rings is 1. The van der Waals surface area contributed by atoms with Gasteiger partial charge in [-0.1, -0.05) is 12.1 Å². The van der Waals surface area contributed by atoms with Crippen LogP contribution >= 0.6 is 0 Å². The van der Waals surface area contributed by atoms with Crippen molar-refractivity contribution >= 4 is 0 Å². The summed E-state index contributed by atoms with van der Waals surface area (Å²) < 4.78 is 1.82. The Morgan fingerprint density at radius 1 is 0.882 bits per heavy atom. The highest BCUT2D eigenvalue weighted by atomic mass is 15.3. The van der Waals surface area contributed by atoms with Gasteiger partial charge in [-0.15, -0.1) is 0 Å². The van der Waals surface area contributed by atoms with Gasteiger partial charge < -0.3 is 0 Å². The Morgan fingerprint density at radius 3 is 2.29 bits per heavy atom. The Labute approximate surface area is 98.6 Å². The fourth-order valence-electron chi connectivity index (χ4n) is 1.68. The third-order valence-corrected chi connectivity index (χ3v) is 2.53. The summed E-state index contributed by atoms with van der Waals surface area (Å²) in [5.41, 5.74) is 3.15. The number of nitrogens with zero attached hydrogens (tertiary/aromatic N) is 4. The largest absolute Gasteiger partial charge is 0.244 e. The van der Waals surface area contributed by atoms with Crippen LogP contribution in [0.2, 0.25) is 0 Å². The number of hydrogen-bond donors (Lipinski definition) is 0. The maximum absolute atomic E-state index is 4.18. The summed E-state index contributed by atoms with van der Waals surface area (Å²) in [4.78, 5) is 8.01. The molecule has 17 heavy (non-hydrogen) atoms. The van der Waals surface area contributed by atoms with Crippen LogP contribution in [0.5, 0.6) is 0 Å². The summed E-state index contributed by atoms with van der Waals surface area (Å²) in [6.07, 6.45) is 8.81. The van der Waals surface area contributed by atoms with E-state index in [0.717, 1.165) is 16.8 Å². The molecule has 0 radical (unpaired) electrons. The molecule has 0 aliphatic heterocycles. The SMILES string of the molecule is c1cnn(-c2ccc(-c3cncnc3)cc2)c1. The molecule has 0 spiro atoms. The fraction of sp³-hybridized carbons (Fsp3) is 0. The van der Waals surface area contributed by atoms with Gasteiger partial charge in [-0.2, -0.15) is 5.10 Å². The third-order valence-electron chi connectivity index (χ3n) is 2.53. The van der Waals surface area contributed by atoms with E-state index in [4.69, 9.17) is 0 Å². The van der Waals surface area contributed by atoms with Gasteiger partial charge in [-0.3, -0.25) is 0 Å². The van der Waals surface area contributed by atoms with Gasteiger partial charge in [-0.25, -0.2) is 14.6 Å². The standard InChI is InChI=1S/C13H10N4/c1-6-16-17(7-1)13-4-2-11(3-5-13)12-8-14-10-15-9-12/h1-10H. The zero-order chi connectivity index (χ0) is 11.5. The average molecular weight is 222 g/mol. The summed E-state index contributed by atoms with van der Waals surface area (Å²) in [7, 11) is 0. The lowest BCUT2D eigenvalue weighted by molar-refractivity contribution is 0.881. The molecule has 0 fully saturated rings. The Morgan fingerprint density at radius 2 is 1.65 bits per heavy atom. The lowest BCUT2D eigenvalue weighted by atomic mass is 10.1. The van der Waals surface area contributed by atoms with Gasteiger partial charge >= 0.3 is 0 Å². The first-order valence-electron chi connectivity index (χ1n) is 5.29. The highest BCUT2D eigenvalue weighted by molar-refractivity contribution is 5.62. The molecule has 3 rings (SSSR count). The van der Waals surface area contributed by atoms with Crippen molar-refractivity contribution in [3.05, 3.63) is 61.4 Å². The van der Waals surface area contributed by atoms with Crippen molar-refractivity contribution in [3.63, 3.8) is 0 Å². The van der Waals surface area contributed by atoms with E-state index in [0.29, 0.717) is 0 Å². The van der Waals surface area contributed by atoms with Gasteiger partial charge in [-0.05, 0) is 23.8 Å². The fourth-order valence-corrected chi connectivity index (χ4v) is 1.68. The smallest absolute Gasteiger partial charge is 0.115 e. The molecule has 82 valence electrons. The molecule has 0 aliphatic carbocycles. The zero-order valence-electron chi connectivity index (χ0n) is 9.06. The van der Waals surface area contributed by atoms with Crippen molar-refractivity contribution < 1.29 is 0 Å². The van der Waals surface area contributed by atoms with Crippen LogP contribution in [0.1, 0.15) is 0 Å². The van der Waals surface area contributed by atoms with Crippen molar-refractivity contribution in [3.8, 4) is 16.8 Å². The van der Waals surface area contributed by atoms with Gasteiger partial charge in [0, 0.05) is 30.4 Å². The maximum atomic E-state index is 4.18. The predicted molar refractivity (Wildman–Crippen MR) is 64.6 cm³/mol. The molecule has 4 nitrogen and oxygen atoms in total. The third kappa shape index (κ3) is 1.92. The molecule has 1 aromatic carbocycles. The molecule has 3 aromatic rings. The molecule has 0 atom stereocenters. The summed E-state index contributed by atoms with van der Waals surface area (Å²) in [5.74, 6) is 0. The van der Waals surface area contributed by atoms with Crippen LogP contribution in [-0.4, -0.2) is 19.7 Å². The molecule has 0 amide bonds.